The lowest BCUT2D eigenvalue weighted by molar-refractivity contribution is 0.0495. The first-order chi connectivity index (χ1) is 17.2. The van der Waals surface area contributed by atoms with Crippen molar-refractivity contribution in [2.24, 2.45) is 0 Å². The van der Waals surface area contributed by atoms with Crippen LogP contribution in [0.1, 0.15) is 58.1 Å². The van der Waals surface area contributed by atoms with Crippen molar-refractivity contribution in [3.05, 3.63) is 96.9 Å². The van der Waals surface area contributed by atoms with E-state index in [0.29, 0.717) is 0 Å². The molecular formula is C31H38O4. The van der Waals surface area contributed by atoms with Gasteiger partial charge in [-0.25, -0.2) is 0 Å². The van der Waals surface area contributed by atoms with Gasteiger partial charge >= 0.3 is 0 Å². The van der Waals surface area contributed by atoms with Gasteiger partial charge in [0.2, 0.25) is 0 Å². The first-order valence-electron chi connectivity index (χ1n) is 12.5. The number of benzene rings is 2. The van der Waals surface area contributed by atoms with Gasteiger partial charge in [0, 0.05) is 17.5 Å². The van der Waals surface area contributed by atoms with E-state index in [2.05, 4.69) is 36.4 Å². The van der Waals surface area contributed by atoms with E-state index in [4.69, 9.17) is 18.9 Å². The molecule has 35 heavy (non-hydrogen) atoms. The first kappa shape index (κ1) is 26.2. The second-order valence-electron chi connectivity index (χ2n) is 8.60. The van der Waals surface area contributed by atoms with Gasteiger partial charge in [0.15, 0.2) is 0 Å². The Morgan fingerprint density at radius 1 is 0.600 bits per heavy atom. The van der Waals surface area contributed by atoms with Crippen LogP contribution in [0, 0.1) is 0 Å². The summed E-state index contributed by atoms with van der Waals surface area (Å²) < 4.78 is 24.2. The van der Waals surface area contributed by atoms with Crippen LogP contribution in [-0.4, -0.2) is 12.2 Å². The molecule has 0 saturated heterocycles. The standard InChI is InChI=1S/C31H38O4/c1-5-17-32-26-13-9-24-11-15-30(34-19-7-3)28(21-24)29-22-25(12-16-31(29)35-20-8-4)10-14-27(23-26)33-18-6-2/h5-8,11-12,15-22,26-27H,9-10,13-14,23H2,1-4H3. The van der Waals surface area contributed by atoms with Crippen LogP contribution < -0.4 is 9.47 Å². The lowest BCUT2D eigenvalue weighted by Gasteiger charge is -2.23. The molecule has 4 nitrogen and oxygen atoms in total. The second-order valence-corrected chi connectivity index (χ2v) is 8.60. The van der Waals surface area contributed by atoms with Crippen molar-refractivity contribution < 1.29 is 18.9 Å². The summed E-state index contributed by atoms with van der Waals surface area (Å²) in [5.41, 5.74) is 4.51. The number of hydrogen-bond acceptors (Lipinski definition) is 4. The van der Waals surface area contributed by atoms with Crippen LogP contribution in [0.5, 0.6) is 11.5 Å². The monoisotopic (exact) mass is 474 g/mol. The Morgan fingerprint density at radius 3 is 1.43 bits per heavy atom. The number of ether oxygens (including phenoxy) is 4. The summed E-state index contributed by atoms with van der Waals surface area (Å²) in [6, 6.07) is 12.8. The predicted molar refractivity (Wildman–Crippen MR) is 143 cm³/mol. The highest BCUT2D eigenvalue weighted by Gasteiger charge is 2.21. The Balaban J connectivity index is 2.08. The van der Waals surface area contributed by atoms with Gasteiger partial charge in [0.1, 0.15) is 23.7 Å². The average molecular weight is 475 g/mol. The third-order valence-corrected chi connectivity index (χ3v) is 5.89. The SMILES string of the molecule is CC=COc1ccc2cc1-c1cc(ccc1OC=CC)CCC(OC=CC)CC(OC=CC)CC2. The Kier molecular flexibility index (Phi) is 10.6. The van der Waals surface area contributed by atoms with Gasteiger partial charge in [0.25, 0.3) is 0 Å². The Morgan fingerprint density at radius 2 is 1.03 bits per heavy atom. The number of rotatable bonds is 8. The van der Waals surface area contributed by atoms with Crippen molar-refractivity contribution in [2.75, 3.05) is 0 Å². The molecule has 3 rings (SSSR count). The summed E-state index contributed by atoms with van der Waals surface area (Å²) in [4.78, 5) is 0. The molecule has 0 saturated carbocycles. The van der Waals surface area contributed by atoms with Crippen molar-refractivity contribution in [3.63, 3.8) is 0 Å². The normalized spacial score (nSPS) is 19.0. The third-order valence-electron chi connectivity index (χ3n) is 5.89. The zero-order valence-corrected chi connectivity index (χ0v) is 21.4. The molecule has 0 spiro atoms. The van der Waals surface area contributed by atoms with Crippen LogP contribution in [0.2, 0.25) is 0 Å². The van der Waals surface area contributed by atoms with E-state index in [1.807, 2.05) is 52.0 Å². The van der Waals surface area contributed by atoms with E-state index in [0.717, 1.165) is 54.7 Å². The molecule has 0 aliphatic heterocycles. The molecule has 2 unspecified atom stereocenters. The molecule has 186 valence electrons. The van der Waals surface area contributed by atoms with E-state index >= 15 is 0 Å². The summed E-state index contributed by atoms with van der Waals surface area (Å²) in [7, 11) is 0. The summed E-state index contributed by atoms with van der Waals surface area (Å²) in [5.74, 6) is 1.61. The molecule has 2 aromatic carbocycles. The van der Waals surface area contributed by atoms with Gasteiger partial charge in [-0.15, -0.1) is 0 Å². The molecule has 2 atom stereocenters. The molecule has 1 aliphatic rings. The summed E-state index contributed by atoms with van der Waals surface area (Å²) in [6.07, 6.45) is 19.2. The van der Waals surface area contributed by atoms with Crippen molar-refractivity contribution in [1.82, 2.24) is 0 Å². The maximum atomic E-state index is 6.09. The molecular weight excluding hydrogens is 436 g/mol. The van der Waals surface area contributed by atoms with Crippen LogP contribution in [-0.2, 0) is 22.3 Å². The predicted octanol–water partition coefficient (Wildman–Crippen LogP) is 8.28. The van der Waals surface area contributed by atoms with E-state index in [9.17, 15) is 0 Å². The molecule has 4 bridgehead atoms. The molecule has 2 aromatic rings. The van der Waals surface area contributed by atoms with Gasteiger partial charge in [-0.05, 0) is 88.8 Å². The zero-order chi connectivity index (χ0) is 24.9. The molecule has 1 aliphatic carbocycles. The average Bonchev–Trinajstić information content (AvgIpc) is 2.89. The second kappa shape index (κ2) is 14.1. The molecule has 0 fully saturated rings. The number of aryl methyl sites for hydroxylation is 2. The fourth-order valence-electron chi connectivity index (χ4n) is 4.19. The van der Waals surface area contributed by atoms with E-state index in [-0.39, 0.29) is 12.2 Å². The van der Waals surface area contributed by atoms with Gasteiger partial charge in [-0.1, -0.05) is 36.4 Å². The Labute approximate surface area is 210 Å². The highest BCUT2D eigenvalue weighted by Crippen LogP contribution is 2.39. The van der Waals surface area contributed by atoms with E-state index in [1.165, 1.54) is 11.1 Å². The van der Waals surface area contributed by atoms with Gasteiger partial charge in [-0.2, -0.15) is 0 Å². The van der Waals surface area contributed by atoms with Crippen molar-refractivity contribution >= 4 is 0 Å². The first-order valence-corrected chi connectivity index (χ1v) is 12.5. The lowest BCUT2D eigenvalue weighted by Crippen LogP contribution is -2.22. The largest absolute Gasteiger partial charge is 0.498 e. The topological polar surface area (TPSA) is 36.9 Å². The molecule has 0 aromatic heterocycles. The number of allylic oxidation sites excluding steroid dienone is 4. The van der Waals surface area contributed by atoms with Gasteiger partial charge < -0.3 is 18.9 Å². The Bertz CT molecular complexity index is 964. The zero-order valence-electron chi connectivity index (χ0n) is 21.4. The highest BCUT2D eigenvalue weighted by atomic mass is 16.5. The van der Waals surface area contributed by atoms with Crippen molar-refractivity contribution in [1.29, 1.82) is 0 Å². The summed E-state index contributed by atoms with van der Waals surface area (Å²) in [5, 5.41) is 0. The maximum absolute atomic E-state index is 6.09. The summed E-state index contributed by atoms with van der Waals surface area (Å²) >= 11 is 0. The van der Waals surface area contributed by atoms with Gasteiger partial charge in [0.05, 0.1) is 25.0 Å². The van der Waals surface area contributed by atoms with Crippen molar-refractivity contribution in [2.45, 2.75) is 72.0 Å². The minimum absolute atomic E-state index is 0.0707. The smallest absolute Gasteiger partial charge is 0.134 e. The fourth-order valence-corrected chi connectivity index (χ4v) is 4.19. The molecule has 0 radical (unpaired) electrons. The number of fused-ring (bicyclic) bond motifs is 5. The van der Waals surface area contributed by atoms with Crippen molar-refractivity contribution in [3.8, 4) is 22.6 Å². The molecule has 0 amide bonds. The van der Waals surface area contributed by atoms with Crippen LogP contribution in [0.4, 0.5) is 0 Å². The minimum Gasteiger partial charge on any atom is -0.498 e. The highest BCUT2D eigenvalue weighted by molar-refractivity contribution is 5.77. The quantitative estimate of drug-likeness (QED) is 0.361. The minimum atomic E-state index is 0.0707. The molecule has 0 N–H and O–H groups in total. The molecule has 0 heterocycles. The number of hydrogen-bond donors (Lipinski definition) is 0. The molecule has 4 heteroatoms. The fraction of sp³-hybridized carbons (Fsp3) is 0.355. The van der Waals surface area contributed by atoms with Crippen LogP contribution in [0.25, 0.3) is 11.1 Å². The lowest BCUT2D eigenvalue weighted by atomic mass is 9.96. The van der Waals surface area contributed by atoms with E-state index in [1.54, 1.807) is 25.0 Å². The van der Waals surface area contributed by atoms with Gasteiger partial charge in [-0.3, -0.25) is 0 Å². The van der Waals surface area contributed by atoms with Crippen LogP contribution in [0.15, 0.2) is 85.8 Å². The summed E-state index contributed by atoms with van der Waals surface area (Å²) in [6.45, 7) is 7.84. The maximum Gasteiger partial charge on any atom is 0.134 e. The van der Waals surface area contributed by atoms with E-state index < -0.39 is 0 Å². The van der Waals surface area contributed by atoms with Crippen LogP contribution >= 0.6 is 0 Å². The Hall–Kier alpha value is -3.40. The van der Waals surface area contributed by atoms with Crippen LogP contribution in [0.3, 0.4) is 0 Å². The third kappa shape index (κ3) is 7.81.